The smallest absolute Gasteiger partial charge is 0.406 e. The molecular formula is C28H32F3N5O4. The van der Waals surface area contributed by atoms with Gasteiger partial charge in [0.2, 0.25) is 17.6 Å². The quantitative estimate of drug-likeness (QED) is 0.275. The van der Waals surface area contributed by atoms with Gasteiger partial charge in [0.25, 0.3) is 5.91 Å². The number of aryl methyl sites for hydroxylation is 1. The molecule has 40 heavy (non-hydrogen) atoms. The van der Waals surface area contributed by atoms with Crippen LogP contribution in [0.1, 0.15) is 54.8 Å². The largest absolute Gasteiger partial charge is 0.573 e. The van der Waals surface area contributed by atoms with Crippen molar-refractivity contribution in [2.75, 3.05) is 18.4 Å². The van der Waals surface area contributed by atoms with E-state index in [0.29, 0.717) is 47.4 Å². The second-order valence-electron chi connectivity index (χ2n) is 9.77. The van der Waals surface area contributed by atoms with Crippen LogP contribution in [0.25, 0.3) is 11.4 Å². The van der Waals surface area contributed by atoms with Crippen molar-refractivity contribution >= 4 is 17.5 Å². The molecule has 0 unspecified atom stereocenters. The lowest BCUT2D eigenvalue weighted by Crippen LogP contribution is -2.48. The van der Waals surface area contributed by atoms with E-state index in [0.717, 1.165) is 25.7 Å². The number of carbonyl (C=O) groups is 2. The molecule has 1 aliphatic rings. The van der Waals surface area contributed by atoms with Gasteiger partial charge >= 0.3 is 6.36 Å². The van der Waals surface area contributed by atoms with Gasteiger partial charge in [0.15, 0.2) is 0 Å². The van der Waals surface area contributed by atoms with Crippen molar-refractivity contribution in [3.63, 3.8) is 0 Å². The van der Waals surface area contributed by atoms with Crippen LogP contribution in [-0.4, -0.2) is 47.4 Å². The van der Waals surface area contributed by atoms with Crippen LogP contribution in [0, 0.1) is 12.8 Å². The van der Waals surface area contributed by atoms with Gasteiger partial charge < -0.3 is 25.2 Å². The number of hydrogen-bond donors (Lipinski definition) is 3. The van der Waals surface area contributed by atoms with E-state index in [9.17, 15) is 22.8 Å². The summed E-state index contributed by atoms with van der Waals surface area (Å²) in [6.07, 6.45) is 1.25. The van der Waals surface area contributed by atoms with Gasteiger partial charge in [-0.1, -0.05) is 49.4 Å². The Balaban J connectivity index is 1.31. The van der Waals surface area contributed by atoms with E-state index in [-0.39, 0.29) is 24.1 Å². The molecule has 9 nitrogen and oxygen atoms in total. The van der Waals surface area contributed by atoms with Crippen molar-refractivity contribution in [1.29, 1.82) is 0 Å². The first-order valence-electron chi connectivity index (χ1n) is 13.3. The van der Waals surface area contributed by atoms with E-state index in [1.54, 1.807) is 31.2 Å². The van der Waals surface area contributed by atoms with Gasteiger partial charge in [-0.15, -0.1) is 13.2 Å². The minimum atomic E-state index is -4.75. The minimum absolute atomic E-state index is 0.259. The highest BCUT2D eigenvalue weighted by molar-refractivity contribution is 5.97. The van der Waals surface area contributed by atoms with Crippen LogP contribution in [0.15, 0.2) is 53.1 Å². The summed E-state index contributed by atoms with van der Waals surface area (Å²) in [5.74, 6) is 0.270. The zero-order valence-corrected chi connectivity index (χ0v) is 22.1. The summed E-state index contributed by atoms with van der Waals surface area (Å²) in [5.41, 5.74) is 1.69. The van der Waals surface area contributed by atoms with E-state index in [2.05, 4.69) is 30.8 Å². The SMILES string of the molecule is Cc1nc(-c2ccc(C(=O)N[C@@H](CC3CCCCC3)C(=O)NCCNc3ccc(OC(F)(F)F)cc3)cc2)no1. The molecule has 214 valence electrons. The predicted molar refractivity (Wildman–Crippen MR) is 142 cm³/mol. The maximum atomic E-state index is 13.1. The van der Waals surface area contributed by atoms with Crippen LogP contribution in [0.5, 0.6) is 5.75 Å². The Bertz CT molecular complexity index is 1260. The number of rotatable bonds is 11. The number of anilines is 1. The van der Waals surface area contributed by atoms with Crippen molar-refractivity contribution in [2.45, 2.75) is 57.9 Å². The Kier molecular flexibility index (Phi) is 9.62. The molecule has 0 spiro atoms. The second-order valence-corrected chi connectivity index (χ2v) is 9.77. The van der Waals surface area contributed by atoms with Gasteiger partial charge in [-0.2, -0.15) is 4.98 Å². The molecule has 1 aliphatic carbocycles. The molecule has 0 radical (unpaired) electrons. The third-order valence-electron chi connectivity index (χ3n) is 6.69. The van der Waals surface area contributed by atoms with E-state index in [1.165, 1.54) is 30.7 Å². The average Bonchev–Trinajstić information content (AvgIpc) is 3.37. The highest BCUT2D eigenvalue weighted by Gasteiger charge is 2.31. The Morgan fingerprint density at radius 2 is 1.73 bits per heavy atom. The summed E-state index contributed by atoms with van der Waals surface area (Å²) in [6, 6.07) is 11.4. The lowest BCUT2D eigenvalue weighted by Gasteiger charge is -2.26. The number of aromatic nitrogens is 2. The summed E-state index contributed by atoms with van der Waals surface area (Å²) in [4.78, 5) is 30.3. The molecule has 1 aromatic heterocycles. The Hall–Kier alpha value is -4.09. The standard InChI is InChI=1S/C28H32F3N5O4/c1-18-34-25(36-40-18)20-7-9-21(10-8-20)26(37)35-24(17-19-5-3-2-4-6-19)27(38)33-16-15-32-22-11-13-23(14-12-22)39-28(29,30)31/h7-14,19,24,32H,2-6,15-17H2,1H3,(H,33,38)(H,35,37)/t24-/m0/s1. The third kappa shape index (κ3) is 8.72. The zero-order valence-electron chi connectivity index (χ0n) is 22.1. The number of nitrogens with zero attached hydrogens (tertiary/aromatic N) is 2. The fraction of sp³-hybridized carbons (Fsp3) is 0.429. The molecule has 3 aromatic rings. The van der Waals surface area contributed by atoms with E-state index in [4.69, 9.17) is 4.52 Å². The first-order valence-corrected chi connectivity index (χ1v) is 13.3. The highest BCUT2D eigenvalue weighted by Crippen LogP contribution is 2.28. The van der Waals surface area contributed by atoms with Gasteiger partial charge in [-0.05, 0) is 48.7 Å². The fourth-order valence-electron chi connectivity index (χ4n) is 4.71. The van der Waals surface area contributed by atoms with Gasteiger partial charge in [-0.25, -0.2) is 0 Å². The maximum Gasteiger partial charge on any atom is 0.573 e. The van der Waals surface area contributed by atoms with Gasteiger partial charge in [0.05, 0.1) is 0 Å². The lowest BCUT2D eigenvalue weighted by atomic mass is 9.84. The first-order chi connectivity index (χ1) is 19.2. The summed E-state index contributed by atoms with van der Waals surface area (Å²) < 4.78 is 45.8. The number of halogens is 3. The van der Waals surface area contributed by atoms with E-state index in [1.807, 2.05) is 0 Å². The molecule has 1 fully saturated rings. The number of ether oxygens (including phenoxy) is 1. The van der Waals surface area contributed by atoms with Crippen molar-refractivity contribution in [2.24, 2.45) is 5.92 Å². The maximum absolute atomic E-state index is 13.1. The number of amides is 2. The first kappa shape index (κ1) is 28.9. The summed E-state index contributed by atoms with van der Waals surface area (Å²) in [6.45, 7) is 2.29. The van der Waals surface area contributed by atoms with Gasteiger partial charge in [0, 0.05) is 36.8 Å². The number of nitrogens with one attached hydrogen (secondary N) is 3. The molecule has 2 aromatic carbocycles. The van der Waals surface area contributed by atoms with Crippen molar-refractivity contribution in [1.82, 2.24) is 20.8 Å². The monoisotopic (exact) mass is 559 g/mol. The average molecular weight is 560 g/mol. The summed E-state index contributed by atoms with van der Waals surface area (Å²) >= 11 is 0. The highest BCUT2D eigenvalue weighted by atomic mass is 19.4. The Morgan fingerprint density at radius 1 is 1.02 bits per heavy atom. The number of alkyl halides is 3. The summed E-state index contributed by atoms with van der Waals surface area (Å²) in [7, 11) is 0. The molecule has 1 saturated carbocycles. The molecule has 4 rings (SSSR count). The number of carbonyl (C=O) groups excluding carboxylic acids is 2. The van der Waals surface area contributed by atoms with Gasteiger partial charge in [0.1, 0.15) is 11.8 Å². The second kappa shape index (κ2) is 13.3. The van der Waals surface area contributed by atoms with E-state index >= 15 is 0 Å². The summed E-state index contributed by atoms with van der Waals surface area (Å²) in [5, 5.41) is 12.7. The number of benzene rings is 2. The molecule has 0 saturated heterocycles. The molecule has 1 heterocycles. The molecule has 1 atom stereocenters. The van der Waals surface area contributed by atoms with Crippen LogP contribution >= 0.6 is 0 Å². The fourth-order valence-corrected chi connectivity index (χ4v) is 4.71. The van der Waals surface area contributed by atoms with Crippen LogP contribution in [0.4, 0.5) is 18.9 Å². The molecule has 3 N–H and O–H groups in total. The van der Waals surface area contributed by atoms with Gasteiger partial charge in [-0.3, -0.25) is 9.59 Å². The molecule has 2 amide bonds. The van der Waals surface area contributed by atoms with Crippen molar-refractivity contribution < 1.29 is 32.0 Å². The van der Waals surface area contributed by atoms with Crippen LogP contribution in [0.2, 0.25) is 0 Å². The molecule has 12 heteroatoms. The third-order valence-corrected chi connectivity index (χ3v) is 6.69. The molecular weight excluding hydrogens is 527 g/mol. The van der Waals surface area contributed by atoms with Crippen molar-refractivity contribution in [3.8, 4) is 17.1 Å². The molecule has 0 aliphatic heterocycles. The Labute approximate surface area is 229 Å². The number of hydrogen-bond acceptors (Lipinski definition) is 7. The van der Waals surface area contributed by atoms with E-state index < -0.39 is 12.4 Å². The normalized spacial score (nSPS) is 14.8. The van der Waals surface area contributed by atoms with Crippen LogP contribution < -0.4 is 20.7 Å². The molecule has 0 bridgehead atoms. The van der Waals surface area contributed by atoms with Crippen molar-refractivity contribution in [3.05, 3.63) is 60.0 Å². The Morgan fingerprint density at radius 3 is 2.35 bits per heavy atom. The topological polar surface area (TPSA) is 118 Å². The minimum Gasteiger partial charge on any atom is -0.406 e. The zero-order chi connectivity index (χ0) is 28.5. The lowest BCUT2D eigenvalue weighted by molar-refractivity contribution is -0.274. The van der Waals surface area contributed by atoms with Crippen LogP contribution in [0.3, 0.4) is 0 Å². The predicted octanol–water partition coefficient (Wildman–Crippen LogP) is 5.24. The van der Waals surface area contributed by atoms with Crippen LogP contribution in [-0.2, 0) is 4.79 Å².